The summed E-state index contributed by atoms with van der Waals surface area (Å²) in [7, 11) is 0. The van der Waals surface area contributed by atoms with Gasteiger partial charge in [-0.05, 0) is 37.3 Å². The van der Waals surface area contributed by atoms with Gasteiger partial charge in [0.05, 0.1) is 13.0 Å². The number of carbonyl (C=O) groups excluding carboxylic acids is 1. The minimum Gasteiger partial charge on any atom is -0.466 e. The van der Waals surface area contributed by atoms with Gasteiger partial charge in [-0.25, -0.2) is 0 Å². The lowest BCUT2D eigenvalue weighted by Gasteiger charge is -2.10. The Bertz CT molecular complexity index is 579. The molecule has 0 aromatic heterocycles. The number of halogens is 1. The Labute approximate surface area is 123 Å². The van der Waals surface area contributed by atoms with Crippen molar-refractivity contribution in [3.63, 3.8) is 0 Å². The number of para-hydroxylation sites is 1. The van der Waals surface area contributed by atoms with Crippen LogP contribution in [0.1, 0.15) is 12.5 Å². The molecule has 4 heteroatoms. The van der Waals surface area contributed by atoms with E-state index in [0.717, 1.165) is 5.56 Å². The molecule has 20 heavy (non-hydrogen) atoms. The fraction of sp³-hybridized carbons (Fsp3) is 0.188. The van der Waals surface area contributed by atoms with Crippen LogP contribution in [0.15, 0.2) is 48.5 Å². The lowest BCUT2D eigenvalue weighted by Crippen LogP contribution is -2.08. The maximum absolute atomic E-state index is 11.6. The molecule has 2 aromatic rings. The van der Waals surface area contributed by atoms with E-state index < -0.39 is 0 Å². The second-order valence-corrected chi connectivity index (χ2v) is 4.58. The van der Waals surface area contributed by atoms with Crippen molar-refractivity contribution >= 4 is 17.6 Å². The minimum atomic E-state index is -0.264. The Morgan fingerprint density at radius 1 is 1.10 bits per heavy atom. The van der Waals surface area contributed by atoms with E-state index in [0.29, 0.717) is 23.1 Å². The van der Waals surface area contributed by atoms with Gasteiger partial charge in [0.25, 0.3) is 0 Å². The maximum atomic E-state index is 11.6. The van der Waals surface area contributed by atoms with E-state index in [1.807, 2.05) is 24.3 Å². The van der Waals surface area contributed by atoms with Crippen molar-refractivity contribution in [1.29, 1.82) is 0 Å². The van der Waals surface area contributed by atoms with Crippen LogP contribution in [-0.2, 0) is 16.0 Å². The van der Waals surface area contributed by atoms with Gasteiger partial charge in [0.15, 0.2) is 0 Å². The van der Waals surface area contributed by atoms with Gasteiger partial charge in [-0.1, -0.05) is 29.8 Å². The molecule has 0 fully saturated rings. The van der Waals surface area contributed by atoms with Crippen molar-refractivity contribution < 1.29 is 14.3 Å². The number of ether oxygens (including phenoxy) is 2. The van der Waals surface area contributed by atoms with Crippen LogP contribution in [0.2, 0.25) is 5.02 Å². The van der Waals surface area contributed by atoms with Gasteiger partial charge in [-0.3, -0.25) is 4.79 Å². The normalized spacial score (nSPS) is 10.1. The second kappa shape index (κ2) is 6.96. The Hall–Kier alpha value is -2.00. The summed E-state index contributed by atoms with van der Waals surface area (Å²) in [5, 5.41) is 0.650. The van der Waals surface area contributed by atoms with Gasteiger partial charge in [0, 0.05) is 10.6 Å². The molecule has 0 aliphatic carbocycles. The molecule has 0 unspecified atom stereocenters. The van der Waals surface area contributed by atoms with Crippen LogP contribution in [0, 0.1) is 0 Å². The quantitative estimate of drug-likeness (QED) is 0.773. The highest BCUT2D eigenvalue weighted by atomic mass is 35.5. The lowest BCUT2D eigenvalue weighted by atomic mass is 10.1. The van der Waals surface area contributed by atoms with Crippen LogP contribution >= 0.6 is 11.6 Å². The molecule has 0 spiro atoms. The van der Waals surface area contributed by atoms with Crippen molar-refractivity contribution in [3.05, 3.63) is 59.1 Å². The summed E-state index contributed by atoms with van der Waals surface area (Å²) in [4.78, 5) is 11.6. The third-order valence-corrected chi connectivity index (χ3v) is 2.91. The number of carbonyl (C=O) groups is 1. The van der Waals surface area contributed by atoms with Gasteiger partial charge in [-0.15, -0.1) is 0 Å². The van der Waals surface area contributed by atoms with Crippen molar-refractivity contribution in [3.8, 4) is 11.5 Å². The predicted molar refractivity (Wildman–Crippen MR) is 78.3 cm³/mol. The average molecular weight is 291 g/mol. The first-order chi connectivity index (χ1) is 9.69. The number of rotatable bonds is 5. The molecule has 0 atom stereocenters. The monoisotopic (exact) mass is 290 g/mol. The number of hydrogen-bond donors (Lipinski definition) is 0. The molecular weight excluding hydrogens is 276 g/mol. The third kappa shape index (κ3) is 4.00. The van der Waals surface area contributed by atoms with Crippen LogP contribution in [0.5, 0.6) is 11.5 Å². The minimum absolute atomic E-state index is 0.192. The van der Waals surface area contributed by atoms with E-state index in [4.69, 9.17) is 21.1 Å². The van der Waals surface area contributed by atoms with E-state index in [1.54, 1.807) is 31.2 Å². The number of esters is 1. The summed E-state index contributed by atoms with van der Waals surface area (Å²) in [6.07, 6.45) is 0.192. The molecule has 0 heterocycles. The summed E-state index contributed by atoms with van der Waals surface area (Å²) >= 11 is 5.83. The van der Waals surface area contributed by atoms with Gasteiger partial charge < -0.3 is 9.47 Å². The highest BCUT2D eigenvalue weighted by Gasteiger charge is 2.10. The molecule has 0 saturated carbocycles. The largest absolute Gasteiger partial charge is 0.466 e. The van der Waals surface area contributed by atoms with E-state index in [9.17, 15) is 4.79 Å². The Morgan fingerprint density at radius 3 is 2.50 bits per heavy atom. The number of benzene rings is 2. The van der Waals surface area contributed by atoms with Gasteiger partial charge >= 0.3 is 5.97 Å². The standard InChI is InChI=1S/C16H15ClO3/c1-2-19-16(18)11-12-5-3-4-6-15(12)20-14-9-7-13(17)8-10-14/h3-10H,2,11H2,1H3. The first kappa shape index (κ1) is 14.4. The van der Waals surface area contributed by atoms with E-state index >= 15 is 0 Å². The molecular formula is C16H15ClO3. The molecule has 0 bridgehead atoms. The summed E-state index contributed by atoms with van der Waals surface area (Å²) in [6, 6.07) is 14.5. The van der Waals surface area contributed by atoms with Gasteiger partial charge in [-0.2, -0.15) is 0 Å². The molecule has 2 rings (SSSR count). The molecule has 0 aliphatic heterocycles. The van der Waals surface area contributed by atoms with Crippen molar-refractivity contribution in [2.45, 2.75) is 13.3 Å². The van der Waals surface area contributed by atoms with Crippen molar-refractivity contribution in [2.75, 3.05) is 6.61 Å². The predicted octanol–water partition coefficient (Wildman–Crippen LogP) is 4.24. The fourth-order valence-electron chi connectivity index (χ4n) is 1.75. The second-order valence-electron chi connectivity index (χ2n) is 4.15. The van der Waals surface area contributed by atoms with Gasteiger partial charge in [0.1, 0.15) is 11.5 Å². The fourth-order valence-corrected chi connectivity index (χ4v) is 1.87. The summed E-state index contributed by atoms with van der Waals surface area (Å²) in [5.41, 5.74) is 0.793. The highest BCUT2D eigenvalue weighted by Crippen LogP contribution is 2.26. The molecule has 2 aromatic carbocycles. The van der Waals surface area contributed by atoms with Crippen molar-refractivity contribution in [1.82, 2.24) is 0 Å². The summed E-state index contributed by atoms with van der Waals surface area (Å²) < 4.78 is 10.7. The number of hydrogen-bond acceptors (Lipinski definition) is 3. The molecule has 0 radical (unpaired) electrons. The van der Waals surface area contributed by atoms with E-state index in [1.165, 1.54) is 0 Å². The summed E-state index contributed by atoms with van der Waals surface area (Å²) in [5.74, 6) is 1.05. The van der Waals surface area contributed by atoms with Crippen LogP contribution in [0.4, 0.5) is 0 Å². The average Bonchev–Trinajstić information content (AvgIpc) is 2.44. The van der Waals surface area contributed by atoms with Gasteiger partial charge in [0.2, 0.25) is 0 Å². The van der Waals surface area contributed by atoms with Crippen LogP contribution in [0.3, 0.4) is 0 Å². The topological polar surface area (TPSA) is 35.5 Å². The Morgan fingerprint density at radius 2 is 1.80 bits per heavy atom. The third-order valence-electron chi connectivity index (χ3n) is 2.65. The van der Waals surface area contributed by atoms with Crippen molar-refractivity contribution in [2.24, 2.45) is 0 Å². The zero-order valence-corrected chi connectivity index (χ0v) is 11.9. The lowest BCUT2D eigenvalue weighted by molar-refractivity contribution is -0.142. The van der Waals surface area contributed by atoms with Crippen LogP contribution in [-0.4, -0.2) is 12.6 Å². The molecule has 0 N–H and O–H groups in total. The molecule has 104 valence electrons. The molecule has 0 saturated heterocycles. The van der Waals surface area contributed by atoms with Crippen LogP contribution in [0.25, 0.3) is 0 Å². The zero-order valence-electron chi connectivity index (χ0n) is 11.1. The summed E-state index contributed by atoms with van der Waals surface area (Å²) in [6.45, 7) is 2.16. The smallest absolute Gasteiger partial charge is 0.310 e. The zero-order chi connectivity index (χ0) is 14.4. The molecule has 3 nitrogen and oxygen atoms in total. The first-order valence-electron chi connectivity index (χ1n) is 6.36. The first-order valence-corrected chi connectivity index (χ1v) is 6.74. The molecule has 0 amide bonds. The van der Waals surface area contributed by atoms with E-state index in [-0.39, 0.29) is 12.4 Å². The van der Waals surface area contributed by atoms with Crippen LogP contribution < -0.4 is 4.74 Å². The maximum Gasteiger partial charge on any atom is 0.310 e. The Kier molecular flexibility index (Phi) is 5.02. The van der Waals surface area contributed by atoms with E-state index in [2.05, 4.69) is 0 Å². The highest BCUT2D eigenvalue weighted by molar-refractivity contribution is 6.30. The molecule has 0 aliphatic rings. The SMILES string of the molecule is CCOC(=O)Cc1ccccc1Oc1ccc(Cl)cc1. The Balaban J connectivity index is 2.15.